The fourth-order valence-electron chi connectivity index (χ4n) is 3.90. The first-order valence-corrected chi connectivity index (χ1v) is 9.43. The number of fused-ring (bicyclic) bond motifs is 1. The van der Waals surface area contributed by atoms with Crippen molar-refractivity contribution in [3.8, 4) is 0 Å². The molecule has 0 spiro atoms. The highest BCUT2D eigenvalue weighted by atomic mass is 16.3. The highest BCUT2D eigenvalue weighted by molar-refractivity contribution is 6.15. The summed E-state index contributed by atoms with van der Waals surface area (Å²) in [6, 6.07) is 15.3. The maximum Gasteiger partial charge on any atom is 0.290 e. The number of amides is 1. The van der Waals surface area contributed by atoms with Gasteiger partial charge in [0.1, 0.15) is 0 Å². The van der Waals surface area contributed by atoms with Crippen LogP contribution in [-0.4, -0.2) is 31.7 Å². The summed E-state index contributed by atoms with van der Waals surface area (Å²) >= 11 is 0. The highest BCUT2D eigenvalue weighted by Gasteiger charge is 2.45. The molecule has 1 aliphatic rings. The lowest BCUT2D eigenvalue weighted by atomic mass is 9.94. The SMILES string of the molecule is O=C(C1=C(O)C(=O)N(Cc2ccccn2)C1c1c[nH]c2ccccc12)c1ccco1. The number of aromatic nitrogens is 2. The van der Waals surface area contributed by atoms with Crippen molar-refractivity contribution in [3.63, 3.8) is 0 Å². The number of H-pyrrole nitrogens is 1. The summed E-state index contributed by atoms with van der Waals surface area (Å²) < 4.78 is 5.25. The van der Waals surface area contributed by atoms with Crippen LogP contribution in [0.25, 0.3) is 10.9 Å². The molecule has 1 unspecified atom stereocenters. The Morgan fingerprint density at radius 1 is 1.13 bits per heavy atom. The first-order chi connectivity index (χ1) is 14.6. The van der Waals surface area contributed by atoms with Gasteiger partial charge < -0.3 is 19.4 Å². The minimum atomic E-state index is -0.784. The maximum atomic E-state index is 13.2. The van der Waals surface area contributed by atoms with E-state index in [0.29, 0.717) is 11.3 Å². The number of hydrogen-bond donors (Lipinski definition) is 2. The lowest BCUT2D eigenvalue weighted by molar-refractivity contribution is -0.130. The molecule has 1 aromatic carbocycles. The van der Waals surface area contributed by atoms with Crippen molar-refractivity contribution in [1.82, 2.24) is 14.9 Å². The molecule has 1 amide bonds. The van der Waals surface area contributed by atoms with Crippen LogP contribution < -0.4 is 0 Å². The number of aromatic amines is 1. The number of carbonyl (C=O) groups excluding carboxylic acids is 2. The third-order valence-electron chi connectivity index (χ3n) is 5.27. The van der Waals surface area contributed by atoms with Crippen LogP contribution in [0.2, 0.25) is 0 Å². The number of nitrogens with one attached hydrogen (secondary N) is 1. The van der Waals surface area contributed by atoms with Gasteiger partial charge in [-0.25, -0.2) is 0 Å². The van der Waals surface area contributed by atoms with E-state index in [4.69, 9.17) is 4.42 Å². The van der Waals surface area contributed by atoms with E-state index in [2.05, 4.69) is 9.97 Å². The van der Waals surface area contributed by atoms with Crippen LogP contribution in [0, 0.1) is 0 Å². The summed E-state index contributed by atoms with van der Waals surface area (Å²) in [7, 11) is 0. The topological polar surface area (TPSA) is 99.4 Å². The quantitative estimate of drug-likeness (QED) is 0.495. The third kappa shape index (κ3) is 2.79. The molecule has 148 valence electrons. The summed E-state index contributed by atoms with van der Waals surface area (Å²) in [6.45, 7) is 0.142. The highest BCUT2D eigenvalue weighted by Crippen LogP contribution is 2.42. The molecule has 0 fully saturated rings. The first kappa shape index (κ1) is 17.9. The average molecular weight is 399 g/mol. The van der Waals surface area contributed by atoms with E-state index in [-0.39, 0.29) is 17.9 Å². The monoisotopic (exact) mass is 399 g/mol. The van der Waals surface area contributed by atoms with E-state index in [1.165, 1.54) is 17.2 Å². The van der Waals surface area contributed by atoms with Crippen LogP contribution in [0.1, 0.15) is 27.9 Å². The lowest BCUT2D eigenvalue weighted by Crippen LogP contribution is -2.31. The number of Topliss-reactive ketones (excluding diaryl/α,β-unsaturated/α-hetero) is 1. The molecule has 1 aliphatic heterocycles. The van der Waals surface area contributed by atoms with Gasteiger partial charge in [0, 0.05) is 28.9 Å². The number of furan rings is 1. The summed E-state index contributed by atoms with van der Waals surface area (Å²) in [6.07, 6.45) is 4.79. The molecule has 7 nitrogen and oxygen atoms in total. The van der Waals surface area contributed by atoms with Gasteiger partial charge in [0.25, 0.3) is 5.91 Å². The standard InChI is InChI=1S/C23H17N3O4/c27-21(18-9-5-11-30-18)19-20(16-12-25-17-8-2-1-7-15(16)17)26(23(29)22(19)28)13-14-6-3-4-10-24-14/h1-12,20,25,28H,13H2. The van der Waals surface area contributed by atoms with E-state index < -0.39 is 23.5 Å². The Balaban J connectivity index is 1.66. The predicted octanol–water partition coefficient (Wildman–Crippen LogP) is 3.93. The van der Waals surface area contributed by atoms with Gasteiger partial charge in [-0.15, -0.1) is 0 Å². The number of aliphatic hydroxyl groups excluding tert-OH is 1. The fourth-order valence-corrected chi connectivity index (χ4v) is 3.90. The third-order valence-corrected chi connectivity index (χ3v) is 5.27. The smallest absolute Gasteiger partial charge is 0.290 e. The van der Waals surface area contributed by atoms with Gasteiger partial charge >= 0.3 is 0 Å². The summed E-state index contributed by atoms with van der Waals surface area (Å²) in [4.78, 5) is 35.2. The van der Waals surface area contributed by atoms with Gasteiger partial charge in [-0.2, -0.15) is 0 Å². The molecule has 4 heterocycles. The Labute approximate surface area is 171 Å². The molecule has 7 heteroatoms. The zero-order valence-electron chi connectivity index (χ0n) is 15.8. The number of carbonyl (C=O) groups is 2. The molecule has 0 bridgehead atoms. The Morgan fingerprint density at radius 3 is 2.73 bits per heavy atom. The molecule has 0 saturated carbocycles. The molecular weight excluding hydrogens is 382 g/mol. The normalized spacial score (nSPS) is 16.6. The zero-order valence-corrected chi connectivity index (χ0v) is 15.8. The number of hydrogen-bond acceptors (Lipinski definition) is 5. The van der Waals surface area contributed by atoms with Gasteiger partial charge in [0.15, 0.2) is 11.5 Å². The predicted molar refractivity (Wildman–Crippen MR) is 109 cm³/mol. The molecule has 0 aliphatic carbocycles. The molecule has 0 saturated heterocycles. The molecule has 2 N–H and O–H groups in total. The fraction of sp³-hybridized carbons (Fsp3) is 0.0870. The van der Waals surface area contributed by atoms with Crippen molar-refractivity contribution in [2.45, 2.75) is 12.6 Å². The molecule has 0 radical (unpaired) electrons. The summed E-state index contributed by atoms with van der Waals surface area (Å²) in [5, 5.41) is 11.6. The Bertz CT molecular complexity index is 1270. The van der Waals surface area contributed by atoms with Crippen LogP contribution in [0.3, 0.4) is 0 Å². The van der Waals surface area contributed by atoms with E-state index in [1.807, 2.05) is 30.3 Å². The van der Waals surface area contributed by atoms with Gasteiger partial charge in [0.2, 0.25) is 5.78 Å². The van der Waals surface area contributed by atoms with Gasteiger partial charge in [-0.3, -0.25) is 14.6 Å². The molecule has 5 rings (SSSR count). The zero-order chi connectivity index (χ0) is 20.7. The molecule has 30 heavy (non-hydrogen) atoms. The van der Waals surface area contributed by atoms with Crippen molar-refractivity contribution in [2.75, 3.05) is 0 Å². The van der Waals surface area contributed by atoms with Gasteiger partial charge in [-0.1, -0.05) is 24.3 Å². The Hall–Kier alpha value is -4.13. The second kappa shape index (κ2) is 7.04. The van der Waals surface area contributed by atoms with Crippen LogP contribution in [-0.2, 0) is 11.3 Å². The van der Waals surface area contributed by atoms with Crippen LogP contribution >= 0.6 is 0 Å². The van der Waals surface area contributed by atoms with Gasteiger partial charge in [0.05, 0.1) is 30.1 Å². The molecule has 4 aromatic rings. The number of ketones is 1. The Morgan fingerprint density at radius 2 is 1.97 bits per heavy atom. The van der Waals surface area contributed by atoms with Crippen molar-refractivity contribution in [3.05, 3.63) is 102 Å². The minimum Gasteiger partial charge on any atom is -0.503 e. The maximum absolute atomic E-state index is 13.2. The Kier molecular flexibility index (Phi) is 4.21. The molecule has 3 aromatic heterocycles. The van der Waals surface area contributed by atoms with Crippen molar-refractivity contribution < 1.29 is 19.1 Å². The number of nitrogens with zero attached hydrogens (tertiary/aromatic N) is 2. The van der Waals surface area contributed by atoms with E-state index in [1.54, 1.807) is 30.6 Å². The second-order valence-electron chi connectivity index (χ2n) is 7.01. The van der Waals surface area contributed by atoms with E-state index in [0.717, 1.165) is 10.9 Å². The number of aliphatic hydroxyl groups is 1. The van der Waals surface area contributed by atoms with Crippen molar-refractivity contribution >= 4 is 22.6 Å². The second-order valence-corrected chi connectivity index (χ2v) is 7.01. The summed E-state index contributed by atoms with van der Waals surface area (Å²) in [5.41, 5.74) is 2.23. The van der Waals surface area contributed by atoms with Crippen molar-refractivity contribution in [2.24, 2.45) is 0 Å². The number of rotatable bonds is 5. The van der Waals surface area contributed by atoms with E-state index >= 15 is 0 Å². The van der Waals surface area contributed by atoms with Crippen molar-refractivity contribution in [1.29, 1.82) is 0 Å². The van der Waals surface area contributed by atoms with E-state index in [9.17, 15) is 14.7 Å². The summed E-state index contributed by atoms with van der Waals surface area (Å²) in [5.74, 6) is -1.65. The van der Waals surface area contributed by atoms with Crippen LogP contribution in [0.5, 0.6) is 0 Å². The van der Waals surface area contributed by atoms with Gasteiger partial charge in [-0.05, 0) is 30.3 Å². The lowest BCUT2D eigenvalue weighted by Gasteiger charge is -2.26. The minimum absolute atomic E-state index is 0.00404. The van der Waals surface area contributed by atoms with Crippen LogP contribution in [0.4, 0.5) is 0 Å². The molecular formula is C23H17N3O4. The molecule has 1 atom stereocenters. The number of para-hydroxylation sites is 1. The number of pyridine rings is 1. The first-order valence-electron chi connectivity index (χ1n) is 9.43. The average Bonchev–Trinajstić information content (AvgIpc) is 3.50. The van der Waals surface area contributed by atoms with Crippen LogP contribution in [0.15, 0.2) is 89.0 Å². The number of benzene rings is 1. The largest absolute Gasteiger partial charge is 0.503 e.